The van der Waals surface area contributed by atoms with Gasteiger partial charge in [-0.3, -0.25) is 0 Å². The van der Waals surface area contributed by atoms with E-state index < -0.39 is 10.0 Å². The summed E-state index contributed by atoms with van der Waals surface area (Å²) in [6.07, 6.45) is 5.50. The van der Waals surface area contributed by atoms with Crippen molar-refractivity contribution < 1.29 is 8.42 Å². The van der Waals surface area contributed by atoms with Crippen LogP contribution in [0.3, 0.4) is 0 Å². The molecular formula is C20H26N6O2S. The molecule has 0 atom stereocenters. The van der Waals surface area contributed by atoms with Crippen LogP contribution in [-0.2, 0) is 23.5 Å². The van der Waals surface area contributed by atoms with Gasteiger partial charge in [-0.15, -0.1) is 0 Å². The van der Waals surface area contributed by atoms with E-state index in [0.717, 1.165) is 41.9 Å². The van der Waals surface area contributed by atoms with Crippen molar-refractivity contribution in [3.8, 4) is 0 Å². The van der Waals surface area contributed by atoms with Crippen LogP contribution in [0.15, 0.2) is 43.0 Å². The summed E-state index contributed by atoms with van der Waals surface area (Å²) in [5.74, 6) is 1.30. The summed E-state index contributed by atoms with van der Waals surface area (Å²) in [5, 5.41) is 3.38. The number of piperidine rings is 1. The van der Waals surface area contributed by atoms with Gasteiger partial charge in [-0.05, 0) is 30.7 Å². The van der Waals surface area contributed by atoms with Gasteiger partial charge >= 0.3 is 0 Å². The lowest BCUT2D eigenvalue weighted by Gasteiger charge is -2.31. The molecule has 0 saturated carbocycles. The van der Waals surface area contributed by atoms with E-state index in [1.165, 1.54) is 6.33 Å². The number of anilines is 1. The highest BCUT2D eigenvalue weighted by Gasteiger charge is 2.27. The molecule has 154 valence electrons. The molecule has 2 aromatic heterocycles. The summed E-state index contributed by atoms with van der Waals surface area (Å²) in [4.78, 5) is 12.9. The van der Waals surface area contributed by atoms with Crippen LogP contribution in [0, 0.1) is 5.92 Å². The molecule has 1 fully saturated rings. The molecule has 9 heteroatoms. The first-order chi connectivity index (χ1) is 14.0. The minimum Gasteiger partial charge on any atom is -0.368 e. The van der Waals surface area contributed by atoms with Crippen LogP contribution in [-0.4, -0.2) is 57.6 Å². The summed E-state index contributed by atoms with van der Waals surface area (Å²) in [5.41, 5.74) is 2.61. The molecule has 3 aromatic rings. The number of nitrogens with one attached hydrogen (secondary N) is 1. The summed E-state index contributed by atoms with van der Waals surface area (Å²) >= 11 is 0. The number of hydrogen-bond acceptors (Lipinski definition) is 6. The van der Waals surface area contributed by atoms with E-state index in [0.29, 0.717) is 25.4 Å². The maximum absolute atomic E-state index is 12.7. The molecular weight excluding hydrogens is 388 g/mol. The maximum atomic E-state index is 12.7. The van der Waals surface area contributed by atoms with Crippen LogP contribution < -0.4 is 5.32 Å². The zero-order valence-corrected chi connectivity index (χ0v) is 17.3. The molecule has 1 aromatic carbocycles. The third kappa shape index (κ3) is 4.56. The van der Waals surface area contributed by atoms with Gasteiger partial charge in [0.25, 0.3) is 0 Å². The Hall–Kier alpha value is -2.52. The Kier molecular flexibility index (Phi) is 5.77. The topological polar surface area (TPSA) is 93.0 Å². The first-order valence-corrected chi connectivity index (χ1v) is 11.5. The Balaban J connectivity index is 1.29. The monoisotopic (exact) mass is 414 g/mol. The molecule has 0 bridgehead atoms. The Morgan fingerprint density at radius 3 is 2.62 bits per heavy atom. The molecule has 29 heavy (non-hydrogen) atoms. The van der Waals surface area contributed by atoms with Crippen molar-refractivity contribution in [2.24, 2.45) is 13.0 Å². The summed E-state index contributed by atoms with van der Waals surface area (Å²) in [6.45, 7) is 1.90. The van der Waals surface area contributed by atoms with Crippen LogP contribution in [0.25, 0.3) is 11.2 Å². The van der Waals surface area contributed by atoms with Crippen LogP contribution in [0.1, 0.15) is 18.4 Å². The Morgan fingerprint density at radius 1 is 1.10 bits per heavy atom. The van der Waals surface area contributed by atoms with Gasteiger partial charge in [0.2, 0.25) is 10.0 Å². The lowest BCUT2D eigenvalue weighted by atomic mass is 9.98. The molecule has 1 saturated heterocycles. The second kappa shape index (κ2) is 8.46. The zero-order chi connectivity index (χ0) is 20.3. The van der Waals surface area contributed by atoms with E-state index >= 15 is 0 Å². The van der Waals surface area contributed by atoms with Crippen molar-refractivity contribution in [3.63, 3.8) is 0 Å². The number of rotatable bonds is 7. The van der Waals surface area contributed by atoms with Crippen molar-refractivity contribution in [1.29, 1.82) is 0 Å². The van der Waals surface area contributed by atoms with Crippen LogP contribution in [0.5, 0.6) is 0 Å². The van der Waals surface area contributed by atoms with Crippen molar-refractivity contribution in [2.45, 2.75) is 19.3 Å². The fraction of sp³-hybridized carbons (Fsp3) is 0.450. The molecule has 8 nitrogen and oxygen atoms in total. The minimum atomic E-state index is -3.22. The Morgan fingerprint density at radius 2 is 1.86 bits per heavy atom. The largest absolute Gasteiger partial charge is 0.368 e. The summed E-state index contributed by atoms with van der Waals surface area (Å²) in [6, 6.07) is 9.77. The number of aromatic nitrogens is 4. The molecule has 0 amide bonds. The second-order valence-electron chi connectivity index (χ2n) is 7.52. The Bertz CT molecular complexity index is 1060. The molecule has 0 aliphatic carbocycles. The SMILES string of the molecule is Cn1cnc2c(NCC3CCN(S(=O)(=O)CCc4ccccc4)CC3)ncnc21. The third-order valence-corrected chi connectivity index (χ3v) is 7.39. The summed E-state index contributed by atoms with van der Waals surface area (Å²) in [7, 11) is -1.32. The lowest BCUT2D eigenvalue weighted by molar-refractivity contribution is 0.282. The van der Waals surface area contributed by atoms with Crippen molar-refractivity contribution in [2.75, 3.05) is 30.7 Å². The molecule has 0 spiro atoms. The summed E-state index contributed by atoms with van der Waals surface area (Å²) < 4.78 is 28.9. The number of aryl methyl sites for hydroxylation is 2. The highest BCUT2D eigenvalue weighted by molar-refractivity contribution is 7.89. The number of nitrogens with zero attached hydrogens (tertiary/aromatic N) is 5. The number of hydrogen-bond donors (Lipinski definition) is 1. The van der Waals surface area contributed by atoms with Gasteiger partial charge in [-0.1, -0.05) is 30.3 Å². The predicted molar refractivity (Wildman–Crippen MR) is 113 cm³/mol. The van der Waals surface area contributed by atoms with Gasteiger partial charge in [0, 0.05) is 26.7 Å². The van der Waals surface area contributed by atoms with E-state index in [2.05, 4.69) is 20.3 Å². The Labute approximate surface area is 171 Å². The molecule has 0 unspecified atom stereocenters. The van der Waals surface area contributed by atoms with Crippen LogP contribution >= 0.6 is 0 Å². The van der Waals surface area contributed by atoms with E-state index in [9.17, 15) is 8.42 Å². The molecule has 1 N–H and O–H groups in total. The highest BCUT2D eigenvalue weighted by Crippen LogP contribution is 2.22. The fourth-order valence-electron chi connectivity index (χ4n) is 3.73. The number of imidazole rings is 1. The molecule has 1 aliphatic heterocycles. The number of benzene rings is 1. The van der Waals surface area contributed by atoms with Crippen molar-refractivity contribution in [1.82, 2.24) is 23.8 Å². The first-order valence-electron chi connectivity index (χ1n) is 9.90. The molecule has 0 radical (unpaired) electrons. The number of sulfonamides is 1. The van der Waals surface area contributed by atoms with E-state index in [4.69, 9.17) is 0 Å². The predicted octanol–water partition coefficient (Wildman–Crippen LogP) is 2.06. The van der Waals surface area contributed by atoms with Crippen molar-refractivity contribution in [3.05, 3.63) is 48.5 Å². The van der Waals surface area contributed by atoms with Gasteiger partial charge in [0.1, 0.15) is 11.8 Å². The number of fused-ring (bicyclic) bond motifs is 1. The lowest BCUT2D eigenvalue weighted by Crippen LogP contribution is -2.41. The average Bonchev–Trinajstić information content (AvgIpc) is 3.13. The van der Waals surface area contributed by atoms with Gasteiger partial charge < -0.3 is 9.88 Å². The van der Waals surface area contributed by atoms with Gasteiger partial charge in [-0.2, -0.15) is 0 Å². The molecule has 3 heterocycles. The first kappa shape index (κ1) is 19.8. The second-order valence-corrected chi connectivity index (χ2v) is 9.61. The smallest absolute Gasteiger partial charge is 0.214 e. The van der Waals surface area contributed by atoms with Gasteiger partial charge in [0.05, 0.1) is 12.1 Å². The normalized spacial score (nSPS) is 16.3. The van der Waals surface area contributed by atoms with Crippen LogP contribution in [0.2, 0.25) is 0 Å². The van der Waals surface area contributed by atoms with E-state index in [1.54, 1.807) is 10.6 Å². The average molecular weight is 415 g/mol. The van der Waals surface area contributed by atoms with Gasteiger partial charge in [0.15, 0.2) is 11.5 Å². The quantitative estimate of drug-likeness (QED) is 0.636. The fourth-order valence-corrected chi connectivity index (χ4v) is 5.25. The maximum Gasteiger partial charge on any atom is 0.214 e. The van der Waals surface area contributed by atoms with Gasteiger partial charge in [-0.25, -0.2) is 27.7 Å². The molecule has 4 rings (SSSR count). The third-order valence-electron chi connectivity index (χ3n) is 5.51. The standard InChI is InChI=1S/C20H26N6O2S/c1-25-15-24-18-19(22-14-23-20(18)25)21-13-17-7-10-26(11-8-17)29(27,28)12-9-16-5-3-2-4-6-16/h2-6,14-15,17H,7-13H2,1H3,(H,21,22,23). The van der Waals surface area contributed by atoms with E-state index in [1.807, 2.05) is 41.9 Å². The highest BCUT2D eigenvalue weighted by atomic mass is 32.2. The zero-order valence-electron chi connectivity index (χ0n) is 16.5. The van der Waals surface area contributed by atoms with Crippen LogP contribution in [0.4, 0.5) is 5.82 Å². The minimum absolute atomic E-state index is 0.165. The molecule has 1 aliphatic rings. The van der Waals surface area contributed by atoms with Crippen molar-refractivity contribution >= 4 is 27.0 Å². The van der Waals surface area contributed by atoms with E-state index in [-0.39, 0.29) is 5.75 Å².